The molecule has 0 aromatic rings. The van der Waals surface area contributed by atoms with Crippen molar-refractivity contribution in [3.8, 4) is 0 Å². The van der Waals surface area contributed by atoms with E-state index in [2.05, 4.69) is 23.6 Å². The molecule has 408 valence electrons. The van der Waals surface area contributed by atoms with Crippen molar-refractivity contribution in [2.75, 3.05) is 157 Å². The largest absolute Gasteiger partial charge is 0.549 e. The van der Waals surface area contributed by atoms with Gasteiger partial charge < -0.3 is 54.8 Å². The Hall–Kier alpha value is -3.83. The van der Waals surface area contributed by atoms with Gasteiger partial charge in [-0.3, -0.25) is 63.2 Å². The number of amides is 1. The van der Waals surface area contributed by atoms with Gasteiger partial charge in [-0.1, -0.05) is 13.2 Å². The highest BCUT2D eigenvalue weighted by Crippen LogP contribution is 2.13. The van der Waals surface area contributed by atoms with E-state index < -0.39 is 49.0 Å². The second kappa shape index (κ2) is 40.5. The smallest absolute Gasteiger partial charge is 0.317 e. The zero-order chi connectivity index (χ0) is 54.6. The molecule has 0 bridgehead atoms. The molecule has 72 heavy (non-hydrogen) atoms. The summed E-state index contributed by atoms with van der Waals surface area (Å²) >= 11 is 0. The molecule has 28 heteroatoms. The number of carboxylic acids is 5. The molecule has 0 aromatic carbocycles. The standard InChI is InChI=1S/C25H43N5O10.C18H33BN4O5P.CH5BP/c1-19(31)5-6-21(32)26-7-3-2-4-20-14-29(17-24(37)38)11-10-27(15-22(33)34)8-9-28(16-23(35)36)12-13-30(20)18-25(39)40;1-15(24)11-20-3-4-21(12-16(2)25)6-9-23(14-18(27)28)10-8-22(7-5-20)13-17(26)19-29;1-2-3/h20H,2-18H2,1H3,(H,26,32)(H,33,34)(H,35,36)(H,37,38)(H,39,40);3-14,29H2,1-2H3,(H,27,28);3H2,1H3/p-3. The Labute approximate surface area is 430 Å². The lowest BCUT2D eigenvalue weighted by Crippen LogP contribution is -2.54. The first-order valence-corrected chi connectivity index (χ1v) is 25.5. The number of aliphatic carboxylic acids is 5. The lowest BCUT2D eigenvalue weighted by atomic mass is 10.0. The van der Waals surface area contributed by atoms with Crippen LogP contribution in [0.2, 0.25) is 6.82 Å². The maximum absolute atomic E-state index is 11.9. The second-order valence-corrected chi connectivity index (χ2v) is 18.8. The summed E-state index contributed by atoms with van der Waals surface area (Å²) in [5.74, 6) is -6.18. The summed E-state index contributed by atoms with van der Waals surface area (Å²) in [6.45, 7) is 15.0. The average Bonchev–Trinajstić information content (AvgIpc) is 3.26. The molecular weight excluding hydrogens is 978 g/mol. The number of carboxylic acid groups (broad SMARTS) is 5. The second-order valence-electron chi connectivity index (χ2n) is 17.8. The van der Waals surface area contributed by atoms with Crippen molar-refractivity contribution >= 4 is 91.0 Å². The Kier molecular flexibility index (Phi) is 38.4. The van der Waals surface area contributed by atoms with E-state index in [0.29, 0.717) is 84.7 Å². The molecule has 2 heterocycles. The molecule has 2 radical (unpaired) electrons. The number of nitrogens with zero attached hydrogens (tertiary/aromatic N) is 8. The van der Waals surface area contributed by atoms with Gasteiger partial charge in [-0.25, -0.2) is 0 Å². The van der Waals surface area contributed by atoms with Crippen LogP contribution in [-0.4, -0.2) is 285 Å². The third kappa shape index (κ3) is 37.8. The highest BCUT2D eigenvalue weighted by Gasteiger charge is 2.26. The third-order valence-corrected chi connectivity index (χ3v) is 11.7. The Morgan fingerprint density at radius 2 is 0.861 bits per heavy atom. The predicted molar refractivity (Wildman–Crippen MR) is 271 cm³/mol. The molecule has 0 aromatic heterocycles. The normalized spacial score (nSPS) is 18.3. The lowest BCUT2D eigenvalue weighted by molar-refractivity contribution is -0.308. The fraction of sp³-hybridized carbons (Fsp3) is 0.773. The van der Waals surface area contributed by atoms with Crippen LogP contribution < -0.4 is 20.6 Å². The number of hydrogen-bond acceptors (Lipinski definition) is 21. The van der Waals surface area contributed by atoms with Crippen LogP contribution in [0.1, 0.15) is 52.9 Å². The summed E-state index contributed by atoms with van der Waals surface area (Å²) in [4.78, 5) is 129. The summed E-state index contributed by atoms with van der Waals surface area (Å²) in [6.07, 6.45) is 1.86. The Morgan fingerprint density at radius 1 is 0.500 bits per heavy atom. The van der Waals surface area contributed by atoms with Gasteiger partial charge in [0.15, 0.2) is 0 Å². The minimum Gasteiger partial charge on any atom is -0.549 e. The maximum Gasteiger partial charge on any atom is 0.317 e. The number of nitrogens with one attached hydrogen (secondary N) is 1. The van der Waals surface area contributed by atoms with Crippen LogP contribution in [0, 0.1) is 0 Å². The Morgan fingerprint density at radius 3 is 1.24 bits per heavy atom. The van der Waals surface area contributed by atoms with Crippen molar-refractivity contribution in [2.45, 2.75) is 65.7 Å². The van der Waals surface area contributed by atoms with E-state index in [9.17, 15) is 73.5 Å². The van der Waals surface area contributed by atoms with Gasteiger partial charge in [0.1, 0.15) is 30.0 Å². The number of unbranched alkanes of at least 4 members (excludes halogenated alkanes) is 1. The fourth-order valence-electron chi connectivity index (χ4n) is 7.83. The van der Waals surface area contributed by atoms with Gasteiger partial charge in [-0.2, -0.15) is 18.2 Å². The minimum absolute atomic E-state index is 0.0284. The summed E-state index contributed by atoms with van der Waals surface area (Å²) < 4.78 is 0. The maximum atomic E-state index is 11.9. The Bertz CT molecular complexity index is 1680. The third-order valence-electron chi connectivity index (χ3n) is 11.3. The number of Topliss-reactive ketones (excluding diaryl/α,β-unsaturated/α-hetero) is 3. The monoisotopic (exact) mass is 1060 g/mol. The zero-order valence-electron chi connectivity index (χ0n) is 42.7. The fourth-order valence-corrected chi connectivity index (χ4v) is 7.93. The van der Waals surface area contributed by atoms with E-state index in [1.165, 1.54) is 20.8 Å². The molecular formula is C44H78B2N9O15P2-3. The number of carbonyl (C=O) groups is 10. The molecule has 24 nitrogen and oxygen atoms in total. The highest BCUT2D eigenvalue weighted by atomic mass is 31.0. The highest BCUT2D eigenvalue weighted by molar-refractivity contribution is 7.62. The van der Waals surface area contributed by atoms with Crippen LogP contribution in [0.25, 0.3) is 0 Å². The molecule has 0 spiro atoms. The van der Waals surface area contributed by atoms with E-state index in [4.69, 9.17) is 0 Å². The van der Waals surface area contributed by atoms with Crippen molar-refractivity contribution < 1.29 is 73.5 Å². The summed E-state index contributed by atoms with van der Waals surface area (Å²) in [7, 11) is 4.76. The van der Waals surface area contributed by atoms with E-state index in [0.717, 1.165) is 0 Å². The van der Waals surface area contributed by atoms with Gasteiger partial charge in [0.2, 0.25) is 12.9 Å². The van der Waals surface area contributed by atoms with Crippen molar-refractivity contribution in [1.82, 2.24) is 44.5 Å². The molecule has 2 aliphatic heterocycles. The summed E-state index contributed by atoms with van der Waals surface area (Å²) in [5.41, 5.74) is -0.0284. The van der Waals surface area contributed by atoms with Gasteiger partial charge in [-0.15, -0.1) is 0 Å². The topological polar surface area (TPSA) is 318 Å². The first-order valence-electron chi connectivity index (χ1n) is 24.1. The van der Waals surface area contributed by atoms with Crippen molar-refractivity contribution in [3.63, 3.8) is 0 Å². The Balaban J connectivity index is 0.00000139. The van der Waals surface area contributed by atoms with E-state index >= 15 is 0 Å². The molecule has 2 aliphatic rings. The summed E-state index contributed by atoms with van der Waals surface area (Å²) in [5, 5.41) is 55.5. The molecule has 3 N–H and O–H groups in total. The van der Waals surface area contributed by atoms with Gasteiger partial charge in [-0.05, 0) is 33.6 Å². The molecule has 2 saturated heterocycles. The average molecular weight is 1060 g/mol. The van der Waals surface area contributed by atoms with E-state index in [-0.39, 0.29) is 120 Å². The van der Waals surface area contributed by atoms with Crippen LogP contribution in [0.3, 0.4) is 0 Å². The van der Waals surface area contributed by atoms with E-state index in [1.807, 2.05) is 28.5 Å². The molecule has 0 saturated carbocycles. The molecule has 2 fully saturated rings. The first-order chi connectivity index (χ1) is 34.0. The zero-order valence-corrected chi connectivity index (χ0v) is 45.0. The quantitative estimate of drug-likeness (QED) is 0.0435. The van der Waals surface area contributed by atoms with Crippen molar-refractivity contribution in [3.05, 3.63) is 0 Å². The number of hydrogen-bond donors (Lipinski definition) is 3. The number of rotatable bonds is 25. The molecule has 3 unspecified atom stereocenters. The van der Waals surface area contributed by atoms with Gasteiger partial charge >= 0.3 is 11.9 Å². The molecule has 1 amide bonds. The van der Waals surface area contributed by atoms with Crippen LogP contribution in [-0.2, 0) is 47.9 Å². The first kappa shape index (κ1) is 68.2. The van der Waals surface area contributed by atoms with Crippen LogP contribution in [0.15, 0.2) is 0 Å². The number of ketones is 3. The molecule has 2 rings (SSSR count). The lowest BCUT2D eigenvalue weighted by Gasteiger charge is -2.38. The molecule has 3 atom stereocenters. The van der Waals surface area contributed by atoms with Gasteiger partial charge in [0.25, 0.3) is 0 Å². The van der Waals surface area contributed by atoms with Crippen LogP contribution in [0.5, 0.6) is 0 Å². The summed E-state index contributed by atoms with van der Waals surface area (Å²) in [6, 6.07) is -0.426. The van der Waals surface area contributed by atoms with Gasteiger partial charge in [0.05, 0.1) is 44.1 Å². The predicted octanol–water partition coefficient (Wildman–Crippen LogP) is -6.41. The van der Waals surface area contributed by atoms with Crippen LogP contribution >= 0.6 is 18.2 Å². The van der Waals surface area contributed by atoms with Crippen molar-refractivity contribution in [2.24, 2.45) is 0 Å². The van der Waals surface area contributed by atoms with Gasteiger partial charge in [0, 0.05) is 150 Å². The van der Waals surface area contributed by atoms with Crippen LogP contribution in [0.4, 0.5) is 0 Å². The van der Waals surface area contributed by atoms with E-state index in [1.54, 1.807) is 31.4 Å². The molecule has 0 aliphatic carbocycles. The number of carbonyl (C=O) groups excluding carboxylic acids is 8. The van der Waals surface area contributed by atoms with Crippen molar-refractivity contribution in [1.29, 1.82) is 0 Å². The SMILES string of the molecule is CC(=O)CCC(=O)NCCCCC1CN(CC(=O)[O-])CCN(CC(=O)[O-])CCN(CC(=O)O)CCN1CC(=O)O.CC(=O)CN1CCN(CC(C)=O)CCN(CC(=O)[B]P)CCN(CC(=O)[O-])CC1.C[B]P. The minimum atomic E-state index is -1.33.